The van der Waals surface area contributed by atoms with Crippen LogP contribution in [0.2, 0.25) is 0 Å². The number of amides is 1. The highest BCUT2D eigenvalue weighted by Gasteiger charge is 2.27. The number of hydrogen-bond acceptors (Lipinski definition) is 4. The normalized spacial score (nSPS) is 15.9. The first-order chi connectivity index (χ1) is 11.7. The van der Waals surface area contributed by atoms with Crippen LogP contribution in [0.4, 0.5) is 5.69 Å². The molecule has 0 bridgehead atoms. The van der Waals surface area contributed by atoms with Crippen LogP contribution in [-0.2, 0) is 18.3 Å². The number of nitrogens with one attached hydrogen (secondary N) is 1. The van der Waals surface area contributed by atoms with Crippen LogP contribution < -0.4 is 10.2 Å². The number of aryl methyl sites for hydroxylation is 1. The summed E-state index contributed by atoms with van der Waals surface area (Å²) < 4.78 is 1.71. The SMILES string of the molecule is CN=C(NCCc1ccsc1)N1CCN(c2cnn(C)c2)C(=O)C1. The molecule has 2 aromatic rings. The van der Waals surface area contributed by atoms with Gasteiger partial charge in [0.05, 0.1) is 11.9 Å². The van der Waals surface area contributed by atoms with E-state index in [-0.39, 0.29) is 5.91 Å². The van der Waals surface area contributed by atoms with Crippen molar-refractivity contribution in [1.82, 2.24) is 20.0 Å². The molecule has 2 aromatic heterocycles. The fourth-order valence-corrected chi connectivity index (χ4v) is 3.46. The van der Waals surface area contributed by atoms with Crippen molar-refractivity contribution in [2.24, 2.45) is 12.0 Å². The largest absolute Gasteiger partial charge is 0.356 e. The summed E-state index contributed by atoms with van der Waals surface area (Å²) in [6, 6.07) is 2.13. The molecule has 8 heteroatoms. The number of guanidine groups is 1. The zero-order valence-corrected chi connectivity index (χ0v) is 14.8. The lowest BCUT2D eigenvalue weighted by Crippen LogP contribution is -2.55. The Kier molecular flexibility index (Phi) is 5.14. The number of aromatic nitrogens is 2. The van der Waals surface area contributed by atoms with Crippen molar-refractivity contribution in [3.63, 3.8) is 0 Å². The van der Waals surface area contributed by atoms with Crippen LogP contribution >= 0.6 is 11.3 Å². The van der Waals surface area contributed by atoms with Crippen LogP contribution in [-0.4, -0.2) is 59.8 Å². The molecule has 7 nitrogen and oxygen atoms in total. The molecule has 1 amide bonds. The summed E-state index contributed by atoms with van der Waals surface area (Å²) in [6.45, 7) is 2.52. The van der Waals surface area contributed by atoms with E-state index in [9.17, 15) is 4.79 Å². The van der Waals surface area contributed by atoms with E-state index in [1.165, 1.54) is 5.56 Å². The first-order valence-electron chi connectivity index (χ1n) is 7.93. The predicted molar refractivity (Wildman–Crippen MR) is 96.5 cm³/mol. The van der Waals surface area contributed by atoms with Crippen molar-refractivity contribution in [2.45, 2.75) is 6.42 Å². The maximum Gasteiger partial charge on any atom is 0.246 e. The van der Waals surface area contributed by atoms with Gasteiger partial charge in [-0.25, -0.2) is 0 Å². The zero-order valence-electron chi connectivity index (χ0n) is 14.0. The Morgan fingerprint density at radius 3 is 2.96 bits per heavy atom. The number of piperazine rings is 1. The van der Waals surface area contributed by atoms with Gasteiger partial charge >= 0.3 is 0 Å². The lowest BCUT2D eigenvalue weighted by atomic mass is 10.2. The van der Waals surface area contributed by atoms with E-state index in [0.717, 1.165) is 31.2 Å². The molecule has 3 heterocycles. The fourth-order valence-electron chi connectivity index (χ4n) is 2.76. The van der Waals surface area contributed by atoms with E-state index in [0.29, 0.717) is 13.1 Å². The molecule has 1 aliphatic heterocycles. The lowest BCUT2D eigenvalue weighted by Gasteiger charge is -2.35. The van der Waals surface area contributed by atoms with Crippen LogP contribution in [0, 0.1) is 0 Å². The van der Waals surface area contributed by atoms with E-state index < -0.39 is 0 Å². The van der Waals surface area contributed by atoms with Crippen molar-refractivity contribution in [2.75, 3.05) is 38.1 Å². The summed E-state index contributed by atoms with van der Waals surface area (Å²) in [6.07, 6.45) is 4.54. The van der Waals surface area contributed by atoms with Crippen molar-refractivity contribution in [3.05, 3.63) is 34.8 Å². The summed E-state index contributed by atoms with van der Waals surface area (Å²) in [7, 11) is 3.61. The Morgan fingerprint density at radius 2 is 2.33 bits per heavy atom. The van der Waals surface area contributed by atoms with E-state index in [1.54, 1.807) is 34.2 Å². The number of nitrogens with zero attached hydrogens (tertiary/aromatic N) is 5. The third-order valence-electron chi connectivity index (χ3n) is 4.01. The van der Waals surface area contributed by atoms with E-state index in [2.05, 4.69) is 32.2 Å². The summed E-state index contributed by atoms with van der Waals surface area (Å²) >= 11 is 1.71. The van der Waals surface area contributed by atoms with Gasteiger partial charge in [0.25, 0.3) is 0 Å². The highest BCUT2D eigenvalue weighted by atomic mass is 32.1. The zero-order chi connectivity index (χ0) is 16.9. The monoisotopic (exact) mass is 346 g/mol. The summed E-state index contributed by atoms with van der Waals surface area (Å²) in [4.78, 5) is 20.6. The Hall–Kier alpha value is -2.35. The lowest BCUT2D eigenvalue weighted by molar-refractivity contribution is -0.120. The minimum absolute atomic E-state index is 0.0648. The topological polar surface area (TPSA) is 65.8 Å². The Bertz CT molecular complexity index is 708. The minimum atomic E-state index is 0.0648. The maximum atomic E-state index is 12.5. The molecule has 24 heavy (non-hydrogen) atoms. The molecule has 0 aliphatic carbocycles. The standard InChI is InChI=1S/C16H22N6OS/c1-17-16(18-5-3-13-4-8-24-12-13)21-6-7-22(15(23)11-21)14-9-19-20(2)10-14/h4,8-10,12H,3,5-7,11H2,1-2H3,(H,17,18). The number of thiophene rings is 1. The second-order valence-corrected chi connectivity index (χ2v) is 6.47. The van der Waals surface area contributed by atoms with Crippen molar-refractivity contribution in [1.29, 1.82) is 0 Å². The molecule has 1 fully saturated rings. The quantitative estimate of drug-likeness (QED) is 0.661. The van der Waals surface area contributed by atoms with Crippen molar-refractivity contribution in [3.8, 4) is 0 Å². The average Bonchev–Trinajstić information content (AvgIpc) is 3.23. The van der Waals surface area contributed by atoms with E-state index in [4.69, 9.17) is 0 Å². The van der Waals surface area contributed by atoms with Crippen LogP contribution in [0.15, 0.2) is 34.2 Å². The van der Waals surface area contributed by atoms with Crippen LogP contribution in [0.25, 0.3) is 0 Å². The first-order valence-corrected chi connectivity index (χ1v) is 8.87. The van der Waals surface area contributed by atoms with Gasteiger partial charge in [-0.1, -0.05) is 0 Å². The molecule has 0 atom stereocenters. The Labute approximate surface area is 145 Å². The summed E-state index contributed by atoms with van der Waals surface area (Å²) in [5.41, 5.74) is 2.17. The van der Waals surface area contributed by atoms with Gasteiger partial charge in [0.2, 0.25) is 5.91 Å². The molecular weight excluding hydrogens is 324 g/mol. The molecule has 0 aromatic carbocycles. The van der Waals surface area contributed by atoms with Gasteiger partial charge in [-0.2, -0.15) is 16.4 Å². The van der Waals surface area contributed by atoms with Gasteiger partial charge in [0.1, 0.15) is 6.54 Å². The van der Waals surface area contributed by atoms with Crippen LogP contribution in [0.3, 0.4) is 0 Å². The highest BCUT2D eigenvalue weighted by molar-refractivity contribution is 7.07. The average molecular weight is 346 g/mol. The molecule has 0 spiro atoms. The second-order valence-electron chi connectivity index (χ2n) is 5.69. The molecule has 3 rings (SSSR count). The van der Waals surface area contributed by atoms with E-state index in [1.807, 2.05) is 18.1 Å². The molecule has 0 radical (unpaired) electrons. The molecule has 0 unspecified atom stereocenters. The molecule has 1 saturated heterocycles. The number of carbonyl (C=O) groups excluding carboxylic acids is 1. The van der Waals surface area contributed by atoms with Crippen molar-refractivity contribution >= 4 is 28.9 Å². The smallest absolute Gasteiger partial charge is 0.246 e. The van der Waals surface area contributed by atoms with Gasteiger partial charge in [0, 0.05) is 39.9 Å². The van der Waals surface area contributed by atoms with Crippen molar-refractivity contribution < 1.29 is 4.79 Å². The number of anilines is 1. The highest BCUT2D eigenvalue weighted by Crippen LogP contribution is 2.16. The predicted octanol–water partition coefficient (Wildman–Crippen LogP) is 0.948. The molecule has 128 valence electrons. The molecular formula is C16H22N6OS. The Morgan fingerprint density at radius 1 is 1.46 bits per heavy atom. The number of rotatable bonds is 4. The van der Waals surface area contributed by atoms with Gasteiger partial charge in [0.15, 0.2) is 5.96 Å². The molecule has 1 aliphatic rings. The fraction of sp³-hybridized carbons (Fsp3) is 0.438. The third-order valence-corrected chi connectivity index (χ3v) is 4.74. The maximum absolute atomic E-state index is 12.5. The summed E-state index contributed by atoms with van der Waals surface area (Å²) in [5, 5.41) is 11.7. The molecule has 0 saturated carbocycles. The number of aliphatic imine (C=N–C) groups is 1. The number of carbonyl (C=O) groups is 1. The second kappa shape index (κ2) is 7.48. The first kappa shape index (κ1) is 16.5. The van der Waals surface area contributed by atoms with Gasteiger partial charge in [-0.15, -0.1) is 0 Å². The Balaban J connectivity index is 1.54. The van der Waals surface area contributed by atoms with Gasteiger partial charge in [-0.05, 0) is 28.8 Å². The van der Waals surface area contributed by atoms with Gasteiger partial charge < -0.3 is 15.1 Å². The minimum Gasteiger partial charge on any atom is -0.356 e. The van der Waals surface area contributed by atoms with Gasteiger partial charge in [-0.3, -0.25) is 14.5 Å². The summed E-state index contributed by atoms with van der Waals surface area (Å²) in [5.74, 6) is 0.847. The van der Waals surface area contributed by atoms with Crippen LogP contribution in [0.1, 0.15) is 5.56 Å². The number of hydrogen-bond donors (Lipinski definition) is 1. The van der Waals surface area contributed by atoms with Crippen LogP contribution in [0.5, 0.6) is 0 Å². The molecule has 1 N–H and O–H groups in total. The van der Waals surface area contributed by atoms with E-state index >= 15 is 0 Å². The third kappa shape index (κ3) is 3.76.